The molecule has 2 heteroatoms. The van der Waals surface area contributed by atoms with Crippen LogP contribution in [0.3, 0.4) is 0 Å². The van der Waals surface area contributed by atoms with Crippen LogP contribution in [-0.4, -0.2) is 17.3 Å². The van der Waals surface area contributed by atoms with Gasteiger partial charge in [-0.15, -0.1) is 0 Å². The lowest BCUT2D eigenvalue weighted by Gasteiger charge is -2.30. The average molecular weight is 143 g/mol. The highest BCUT2D eigenvalue weighted by Crippen LogP contribution is 2.42. The molecule has 2 nitrogen and oxygen atoms in total. The zero-order valence-electron chi connectivity index (χ0n) is 6.80. The zero-order valence-corrected chi connectivity index (χ0v) is 6.80. The maximum absolute atomic E-state index is 9.91. The quantitative estimate of drug-likeness (QED) is 0.612. The summed E-state index contributed by atoms with van der Waals surface area (Å²) in [6, 6.07) is 0. The van der Waals surface area contributed by atoms with Crippen LogP contribution in [-0.2, 0) is 0 Å². The van der Waals surface area contributed by atoms with Crippen molar-refractivity contribution in [1.82, 2.24) is 0 Å². The summed E-state index contributed by atoms with van der Waals surface area (Å²) in [6.07, 6.45) is 2.32. The van der Waals surface area contributed by atoms with Crippen molar-refractivity contribution in [2.75, 3.05) is 6.54 Å². The molecule has 0 aliphatic heterocycles. The highest BCUT2D eigenvalue weighted by molar-refractivity contribution is 4.97. The maximum Gasteiger partial charge on any atom is 0.0820 e. The fraction of sp³-hybridized carbons (Fsp3) is 1.00. The van der Waals surface area contributed by atoms with Gasteiger partial charge >= 0.3 is 0 Å². The first-order valence-corrected chi connectivity index (χ1v) is 4.03. The van der Waals surface area contributed by atoms with Gasteiger partial charge in [0.1, 0.15) is 0 Å². The van der Waals surface area contributed by atoms with E-state index >= 15 is 0 Å². The van der Waals surface area contributed by atoms with E-state index in [1.165, 1.54) is 0 Å². The average Bonchev–Trinajstić information content (AvgIpc) is 2.67. The Morgan fingerprint density at radius 2 is 2.10 bits per heavy atom. The van der Waals surface area contributed by atoms with E-state index in [1.54, 1.807) is 0 Å². The molecule has 1 aliphatic carbocycles. The van der Waals surface area contributed by atoms with Gasteiger partial charge in [0.05, 0.1) is 5.60 Å². The van der Waals surface area contributed by atoms with Crippen LogP contribution < -0.4 is 5.73 Å². The minimum atomic E-state index is -0.569. The Labute approximate surface area is 62.4 Å². The standard InChI is InChI=1S/C8H17NO/c1-6(2)8(10,5-9)7-3-4-7/h6-7,10H,3-5,9H2,1-2H3. The van der Waals surface area contributed by atoms with Gasteiger partial charge in [0.2, 0.25) is 0 Å². The van der Waals surface area contributed by atoms with Crippen LogP contribution >= 0.6 is 0 Å². The van der Waals surface area contributed by atoms with Crippen molar-refractivity contribution in [2.45, 2.75) is 32.3 Å². The first kappa shape index (κ1) is 8.02. The van der Waals surface area contributed by atoms with Crippen LogP contribution in [0.2, 0.25) is 0 Å². The second kappa shape index (κ2) is 2.51. The van der Waals surface area contributed by atoms with Crippen LogP contribution in [0.25, 0.3) is 0 Å². The van der Waals surface area contributed by atoms with Gasteiger partial charge in [0.25, 0.3) is 0 Å². The monoisotopic (exact) mass is 143 g/mol. The number of aliphatic hydroxyl groups is 1. The third-order valence-corrected chi connectivity index (χ3v) is 2.61. The van der Waals surface area contributed by atoms with Crippen LogP contribution in [0, 0.1) is 11.8 Å². The number of hydrogen-bond acceptors (Lipinski definition) is 2. The molecule has 0 aromatic heterocycles. The summed E-state index contributed by atoms with van der Waals surface area (Å²) in [4.78, 5) is 0. The van der Waals surface area contributed by atoms with Gasteiger partial charge in [-0.1, -0.05) is 13.8 Å². The van der Waals surface area contributed by atoms with E-state index in [1.807, 2.05) is 13.8 Å². The molecule has 1 saturated carbocycles. The molecule has 0 heterocycles. The molecule has 0 radical (unpaired) electrons. The molecule has 1 rings (SSSR count). The summed E-state index contributed by atoms with van der Waals surface area (Å²) >= 11 is 0. The first-order valence-electron chi connectivity index (χ1n) is 4.03. The Hall–Kier alpha value is -0.0800. The molecular weight excluding hydrogens is 126 g/mol. The van der Waals surface area contributed by atoms with Crippen molar-refractivity contribution in [3.05, 3.63) is 0 Å². The summed E-state index contributed by atoms with van der Waals surface area (Å²) in [6.45, 7) is 4.48. The minimum Gasteiger partial charge on any atom is -0.388 e. The molecule has 3 N–H and O–H groups in total. The van der Waals surface area contributed by atoms with Crippen LogP contribution in [0.5, 0.6) is 0 Å². The normalized spacial score (nSPS) is 24.9. The zero-order chi connectivity index (χ0) is 7.78. The number of rotatable bonds is 3. The van der Waals surface area contributed by atoms with Crippen LogP contribution in [0.15, 0.2) is 0 Å². The Kier molecular flexibility index (Phi) is 2.02. The van der Waals surface area contributed by atoms with Gasteiger partial charge in [0.15, 0.2) is 0 Å². The van der Waals surface area contributed by atoms with E-state index in [2.05, 4.69) is 0 Å². The van der Waals surface area contributed by atoms with Crippen molar-refractivity contribution in [1.29, 1.82) is 0 Å². The van der Waals surface area contributed by atoms with Gasteiger partial charge in [-0.3, -0.25) is 0 Å². The van der Waals surface area contributed by atoms with Crippen LogP contribution in [0.4, 0.5) is 0 Å². The van der Waals surface area contributed by atoms with E-state index in [-0.39, 0.29) is 0 Å². The van der Waals surface area contributed by atoms with Crippen molar-refractivity contribution >= 4 is 0 Å². The van der Waals surface area contributed by atoms with Crippen LogP contribution in [0.1, 0.15) is 26.7 Å². The molecule has 10 heavy (non-hydrogen) atoms. The SMILES string of the molecule is CC(C)C(O)(CN)C1CC1. The lowest BCUT2D eigenvalue weighted by atomic mass is 9.86. The molecule has 0 spiro atoms. The maximum atomic E-state index is 9.91. The Bertz CT molecular complexity index is 116. The van der Waals surface area contributed by atoms with E-state index < -0.39 is 5.60 Å². The summed E-state index contributed by atoms with van der Waals surface area (Å²) in [7, 11) is 0. The summed E-state index contributed by atoms with van der Waals surface area (Å²) < 4.78 is 0. The third kappa shape index (κ3) is 1.18. The molecule has 0 amide bonds. The Morgan fingerprint density at radius 3 is 2.20 bits per heavy atom. The van der Waals surface area contributed by atoms with E-state index in [0.717, 1.165) is 12.8 Å². The largest absolute Gasteiger partial charge is 0.388 e. The van der Waals surface area contributed by atoms with Crippen molar-refractivity contribution < 1.29 is 5.11 Å². The fourth-order valence-corrected chi connectivity index (χ4v) is 1.46. The number of hydrogen-bond donors (Lipinski definition) is 2. The van der Waals surface area contributed by atoms with Crippen molar-refractivity contribution in [2.24, 2.45) is 17.6 Å². The highest BCUT2D eigenvalue weighted by atomic mass is 16.3. The molecule has 0 aromatic rings. The minimum absolute atomic E-state index is 0.296. The smallest absolute Gasteiger partial charge is 0.0820 e. The van der Waals surface area contributed by atoms with Gasteiger partial charge in [-0.05, 0) is 24.7 Å². The predicted molar refractivity (Wildman–Crippen MR) is 41.6 cm³/mol. The molecule has 1 fully saturated rings. The summed E-state index contributed by atoms with van der Waals surface area (Å²) in [5.41, 5.74) is 4.93. The molecule has 1 aliphatic rings. The Balaban J connectivity index is 2.56. The van der Waals surface area contributed by atoms with Crippen molar-refractivity contribution in [3.8, 4) is 0 Å². The lowest BCUT2D eigenvalue weighted by molar-refractivity contribution is -0.0175. The lowest BCUT2D eigenvalue weighted by Crippen LogP contribution is -2.44. The van der Waals surface area contributed by atoms with Gasteiger partial charge in [-0.25, -0.2) is 0 Å². The van der Waals surface area contributed by atoms with Gasteiger partial charge in [0, 0.05) is 6.54 Å². The first-order chi connectivity index (χ1) is 4.61. The molecule has 0 aromatic carbocycles. The van der Waals surface area contributed by atoms with Gasteiger partial charge in [-0.2, -0.15) is 0 Å². The highest BCUT2D eigenvalue weighted by Gasteiger charge is 2.44. The topological polar surface area (TPSA) is 46.2 Å². The van der Waals surface area contributed by atoms with E-state index in [0.29, 0.717) is 18.4 Å². The Morgan fingerprint density at radius 1 is 1.60 bits per heavy atom. The number of nitrogens with two attached hydrogens (primary N) is 1. The predicted octanol–water partition coefficient (Wildman–Crippen LogP) is 0.742. The molecular formula is C8H17NO. The third-order valence-electron chi connectivity index (χ3n) is 2.61. The molecule has 1 unspecified atom stereocenters. The second-order valence-electron chi connectivity index (χ2n) is 3.62. The fourth-order valence-electron chi connectivity index (χ4n) is 1.46. The molecule has 60 valence electrons. The van der Waals surface area contributed by atoms with Gasteiger partial charge < -0.3 is 10.8 Å². The molecule has 0 saturated heterocycles. The summed E-state index contributed by atoms with van der Waals surface area (Å²) in [5, 5.41) is 9.91. The molecule has 0 bridgehead atoms. The van der Waals surface area contributed by atoms with E-state index in [4.69, 9.17) is 5.73 Å². The van der Waals surface area contributed by atoms with Crippen molar-refractivity contribution in [3.63, 3.8) is 0 Å². The summed E-state index contributed by atoms with van der Waals surface area (Å²) in [5.74, 6) is 0.780. The molecule has 1 atom stereocenters. The van der Waals surface area contributed by atoms with E-state index in [9.17, 15) is 5.11 Å². The second-order valence-corrected chi connectivity index (χ2v) is 3.62.